The molecule has 0 spiro atoms. The third kappa shape index (κ3) is 6.62. The van der Waals surface area contributed by atoms with Crippen molar-refractivity contribution in [3.8, 4) is 5.75 Å². The molecule has 0 unspecified atom stereocenters. The number of nitrogens with zero attached hydrogens (tertiary/aromatic N) is 1. The van der Waals surface area contributed by atoms with Crippen LogP contribution in [0.1, 0.15) is 38.7 Å². The van der Waals surface area contributed by atoms with E-state index in [2.05, 4.69) is 6.92 Å². The number of carbonyl (C=O) groups is 1. The normalized spacial score (nSPS) is 11.2. The molecule has 0 aliphatic carbocycles. The molecule has 1 amide bonds. The Morgan fingerprint density at radius 2 is 1.81 bits per heavy atom. The Kier molecular flexibility index (Phi) is 6.68. The van der Waals surface area contributed by atoms with E-state index in [9.17, 15) is 13.2 Å². The Morgan fingerprint density at radius 1 is 1.19 bits per heavy atom. The molecule has 0 aliphatic rings. The standard InChI is InChI=1S/C15H23NO4S/c1-4-6-11-16(15(17)5-2)12-13-7-9-14(10-8-13)20-21(3,18)19/h7-10H,4-6,11-12H2,1-3H3. The number of benzene rings is 1. The molecule has 0 N–H and O–H groups in total. The molecule has 6 heteroatoms. The molecular weight excluding hydrogens is 290 g/mol. The Morgan fingerprint density at radius 3 is 2.29 bits per heavy atom. The molecule has 0 fully saturated rings. The van der Waals surface area contributed by atoms with Crippen molar-refractivity contribution in [2.24, 2.45) is 0 Å². The summed E-state index contributed by atoms with van der Waals surface area (Å²) in [5.74, 6) is 0.406. The highest BCUT2D eigenvalue weighted by Crippen LogP contribution is 2.16. The van der Waals surface area contributed by atoms with Crippen LogP contribution in [0.15, 0.2) is 24.3 Å². The minimum atomic E-state index is -3.51. The van der Waals surface area contributed by atoms with Gasteiger partial charge in [0.2, 0.25) is 5.91 Å². The van der Waals surface area contributed by atoms with Gasteiger partial charge in [0.1, 0.15) is 5.75 Å². The maximum atomic E-state index is 11.9. The summed E-state index contributed by atoms with van der Waals surface area (Å²) in [4.78, 5) is 13.7. The van der Waals surface area contributed by atoms with Gasteiger partial charge in [-0.25, -0.2) is 0 Å². The van der Waals surface area contributed by atoms with Gasteiger partial charge < -0.3 is 9.08 Å². The van der Waals surface area contributed by atoms with Crippen LogP contribution in [0.2, 0.25) is 0 Å². The van der Waals surface area contributed by atoms with Crippen molar-refractivity contribution in [2.75, 3.05) is 12.8 Å². The lowest BCUT2D eigenvalue weighted by Crippen LogP contribution is -2.30. The molecule has 1 rings (SSSR count). The molecule has 0 atom stereocenters. The van der Waals surface area contributed by atoms with E-state index in [0.717, 1.165) is 31.2 Å². The molecule has 0 radical (unpaired) electrons. The van der Waals surface area contributed by atoms with Crippen LogP contribution in [0.4, 0.5) is 0 Å². The molecule has 0 bridgehead atoms. The van der Waals surface area contributed by atoms with Gasteiger partial charge in [0.15, 0.2) is 0 Å². The predicted octanol–water partition coefficient (Wildman–Crippen LogP) is 2.56. The summed E-state index contributed by atoms with van der Waals surface area (Å²) < 4.78 is 26.9. The van der Waals surface area contributed by atoms with Gasteiger partial charge in [-0.05, 0) is 24.1 Å². The van der Waals surface area contributed by atoms with Crippen LogP contribution in [-0.4, -0.2) is 32.0 Å². The summed E-state index contributed by atoms with van der Waals surface area (Å²) in [6, 6.07) is 6.76. The fourth-order valence-corrected chi connectivity index (χ4v) is 2.37. The molecule has 1 aromatic carbocycles. The first kappa shape index (κ1) is 17.5. The molecule has 0 heterocycles. The number of amides is 1. The highest BCUT2D eigenvalue weighted by molar-refractivity contribution is 7.86. The van der Waals surface area contributed by atoms with Crippen molar-refractivity contribution in [3.63, 3.8) is 0 Å². The highest BCUT2D eigenvalue weighted by Gasteiger charge is 2.12. The summed E-state index contributed by atoms with van der Waals surface area (Å²) in [5.41, 5.74) is 0.953. The number of hydrogen-bond acceptors (Lipinski definition) is 4. The minimum Gasteiger partial charge on any atom is -0.383 e. The number of hydrogen-bond donors (Lipinski definition) is 0. The first-order valence-electron chi connectivity index (χ1n) is 7.12. The van der Waals surface area contributed by atoms with Gasteiger partial charge in [-0.15, -0.1) is 0 Å². The summed E-state index contributed by atoms with van der Waals surface area (Å²) in [7, 11) is -3.51. The Balaban J connectivity index is 2.73. The summed E-state index contributed by atoms with van der Waals surface area (Å²) in [5, 5.41) is 0. The number of rotatable bonds is 8. The second kappa shape index (κ2) is 8.02. The lowest BCUT2D eigenvalue weighted by Gasteiger charge is -2.22. The second-order valence-corrected chi connectivity index (χ2v) is 6.53. The molecule has 118 valence electrons. The van der Waals surface area contributed by atoms with E-state index in [1.807, 2.05) is 11.8 Å². The van der Waals surface area contributed by atoms with Crippen molar-refractivity contribution in [2.45, 2.75) is 39.7 Å². The zero-order chi connectivity index (χ0) is 15.9. The SMILES string of the molecule is CCCCN(Cc1ccc(OS(C)(=O)=O)cc1)C(=O)CC. The smallest absolute Gasteiger partial charge is 0.306 e. The molecular formula is C15H23NO4S. The Bertz CT molecular complexity index is 552. The largest absolute Gasteiger partial charge is 0.383 e. The molecule has 5 nitrogen and oxygen atoms in total. The maximum Gasteiger partial charge on any atom is 0.306 e. The fraction of sp³-hybridized carbons (Fsp3) is 0.533. The fourth-order valence-electron chi connectivity index (χ4n) is 1.91. The van der Waals surface area contributed by atoms with Crippen molar-refractivity contribution in [3.05, 3.63) is 29.8 Å². The van der Waals surface area contributed by atoms with Crippen LogP contribution in [-0.2, 0) is 21.5 Å². The quantitative estimate of drug-likeness (QED) is 0.692. The van der Waals surface area contributed by atoms with Crippen molar-refractivity contribution < 1.29 is 17.4 Å². The van der Waals surface area contributed by atoms with Gasteiger partial charge in [-0.3, -0.25) is 4.79 Å². The van der Waals surface area contributed by atoms with Gasteiger partial charge in [0, 0.05) is 19.5 Å². The van der Waals surface area contributed by atoms with Crippen LogP contribution in [0.3, 0.4) is 0 Å². The van der Waals surface area contributed by atoms with Gasteiger partial charge in [0.25, 0.3) is 0 Å². The zero-order valence-electron chi connectivity index (χ0n) is 12.8. The summed E-state index contributed by atoms with van der Waals surface area (Å²) >= 11 is 0. The third-order valence-electron chi connectivity index (χ3n) is 2.98. The van der Waals surface area contributed by atoms with E-state index < -0.39 is 10.1 Å². The van der Waals surface area contributed by atoms with E-state index in [1.165, 1.54) is 0 Å². The van der Waals surface area contributed by atoms with E-state index in [4.69, 9.17) is 4.18 Å². The van der Waals surface area contributed by atoms with Crippen LogP contribution in [0.5, 0.6) is 5.75 Å². The lowest BCUT2D eigenvalue weighted by atomic mass is 10.2. The van der Waals surface area contributed by atoms with Gasteiger partial charge in [-0.1, -0.05) is 32.4 Å². The monoisotopic (exact) mass is 313 g/mol. The van der Waals surface area contributed by atoms with Crippen molar-refractivity contribution >= 4 is 16.0 Å². The molecule has 1 aromatic rings. The zero-order valence-corrected chi connectivity index (χ0v) is 13.6. The number of carbonyl (C=O) groups excluding carboxylic acids is 1. The Labute approximate surface area is 127 Å². The van der Waals surface area contributed by atoms with Gasteiger partial charge in [-0.2, -0.15) is 8.42 Å². The molecule has 0 saturated carbocycles. The number of unbranched alkanes of at least 4 members (excludes halogenated alkanes) is 1. The van der Waals surface area contributed by atoms with Crippen molar-refractivity contribution in [1.82, 2.24) is 4.90 Å². The minimum absolute atomic E-state index is 0.125. The van der Waals surface area contributed by atoms with Crippen LogP contribution in [0.25, 0.3) is 0 Å². The average molecular weight is 313 g/mol. The van der Waals surface area contributed by atoms with Gasteiger partial charge >= 0.3 is 10.1 Å². The molecule has 0 saturated heterocycles. The second-order valence-electron chi connectivity index (χ2n) is 4.95. The molecule has 0 aromatic heterocycles. The van der Waals surface area contributed by atoms with E-state index >= 15 is 0 Å². The highest BCUT2D eigenvalue weighted by atomic mass is 32.2. The Hall–Kier alpha value is -1.56. The summed E-state index contributed by atoms with van der Waals surface area (Å²) in [6.45, 7) is 5.22. The van der Waals surface area contributed by atoms with Crippen LogP contribution < -0.4 is 4.18 Å². The lowest BCUT2D eigenvalue weighted by molar-refractivity contribution is -0.131. The van der Waals surface area contributed by atoms with Gasteiger partial charge in [0.05, 0.1) is 6.26 Å². The van der Waals surface area contributed by atoms with Crippen LogP contribution in [0, 0.1) is 0 Å². The topological polar surface area (TPSA) is 63.7 Å². The predicted molar refractivity (Wildman–Crippen MR) is 82.5 cm³/mol. The first-order valence-corrected chi connectivity index (χ1v) is 8.93. The average Bonchev–Trinajstić information content (AvgIpc) is 2.42. The van der Waals surface area contributed by atoms with Crippen molar-refractivity contribution in [1.29, 1.82) is 0 Å². The van der Waals surface area contributed by atoms with E-state index in [1.54, 1.807) is 24.3 Å². The first-order chi connectivity index (χ1) is 9.85. The van der Waals surface area contributed by atoms with Crippen LogP contribution >= 0.6 is 0 Å². The summed E-state index contributed by atoms with van der Waals surface area (Å²) in [6.07, 6.45) is 3.50. The maximum absolute atomic E-state index is 11.9. The van der Waals surface area contributed by atoms with E-state index in [-0.39, 0.29) is 11.7 Å². The van der Waals surface area contributed by atoms with E-state index in [0.29, 0.717) is 13.0 Å². The molecule has 21 heavy (non-hydrogen) atoms. The molecule has 0 aliphatic heterocycles. The third-order valence-corrected chi connectivity index (χ3v) is 3.48.